The van der Waals surface area contributed by atoms with Gasteiger partial charge >= 0.3 is 5.97 Å². The van der Waals surface area contributed by atoms with Gasteiger partial charge in [0.2, 0.25) is 0 Å². The summed E-state index contributed by atoms with van der Waals surface area (Å²) < 4.78 is 16.9. The Balaban J connectivity index is 1.95. The zero-order valence-electron chi connectivity index (χ0n) is 11.6. The van der Waals surface area contributed by atoms with Crippen LogP contribution in [0.3, 0.4) is 0 Å². The summed E-state index contributed by atoms with van der Waals surface area (Å²) in [6, 6.07) is 5.12. The van der Waals surface area contributed by atoms with E-state index >= 15 is 0 Å². The average Bonchev–Trinajstić information content (AvgIpc) is 3.06. The lowest BCUT2D eigenvalue weighted by molar-refractivity contribution is -0.180. The van der Waals surface area contributed by atoms with Crippen LogP contribution in [0.5, 0.6) is 0 Å². The first-order valence-corrected chi connectivity index (χ1v) is 7.69. The van der Waals surface area contributed by atoms with Gasteiger partial charge in [-0.25, -0.2) is 4.79 Å². The lowest BCUT2D eigenvalue weighted by Crippen LogP contribution is -2.30. The van der Waals surface area contributed by atoms with Crippen LogP contribution in [0.2, 0.25) is 10.0 Å². The fraction of sp³-hybridized carbons (Fsp3) is 0.533. The molecule has 3 rings (SSSR count). The van der Waals surface area contributed by atoms with Crippen molar-refractivity contribution in [2.24, 2.45) is 0 Å². The molecular weight excluding hydrogens is 315 g/mol. The third-order valence-electron chi connectivity index (χ3n) is 4.03. The van der Waals surface area contributed by atoms with E-state index in [1.165, 1.54) is 7.11 Å². The topological polar surface area (TPSA) is 44.8 Å². The van der Waals surface area contributed by atoms with Crippen molar-refractivity contribution >= 4 is 29.2 Å². The van der Waals surface area contributed by atoms with Crippen LogP contribution in [0, 0.1) is 0 Å². The molecule has 6 heteroatoms. The number of esters is 1. The van der Waals surface area contributed by atoms with Gasteiger partial charge in [-0.2, -0.15) is 0 Å². The molecule has 1 saturated heterocycles. The van der Waals surface area contributed by atoms with E-state index in [2.05, 4.69) is 0 Å². The summed E-state index contributed by atoms with van der Waals surface area (Å²) in [4.78, 5) is 12.0. The number of hydrogen-bond donors (Lipinski definition) is 0. The third-order valence-corrected chi connectivity index (χ3v) is 4.59. The molecule has 0 aromatic heterocycles. The van der Waals surface area contributed by atoms with Crippen LogP contribution in [-0.2, 0) is 19.0 Å². The molecular formula is C15H16Cl2O4. The van der Waals surface area contributed by atoms with Crippen molar-refractivity contribution in [2.45, 2.75) is 43.7 Å². The number of ether oxygens (including phenoxy) is 3. The predicted molar refractivity (Wildman–Crippen MR) is 78.4 cm³/mol. The normalized spacial score (nSPS) is 27.2. The van der Waals surface area contributed by atoms with Crippen molar-refractivity contribution in [3.05, 3.63) is 33.8 Å². The molecule has 4 nitrogen and oxygen atoms in total. The molecule has 1 aromatic rings. The monoisotopic (exact) mass is 330 g/mol. The first kappa shape index (κ1) is 15.1. The minimum Gasteiger partial charge on any atom is -0.467 e. The van der Waals surface area contributed by atoms with E-state index in [1.807, 2.05) is 0 Å². The zero-order chi connectivity index (χ0) is 15.0. The molecule has 1 aliphatic heterocycles. The number of benzene rings is 1. The number of rotatable bonds is 2. The van der Waals surface area contributed by atoms with E-state index in [9.17, 15) is 4.79 Å². The van der Waals surface area contributed by atoms with Crippen molar-refractivity contribution in [1.29, 1.82) is 0 Å². The maximum atomic E-state index is 12.0. The Labute approximate surface area is 133 Å². The number of carbonyl (C=O) groups excluding carboxylic acids is 1. The van der Waals surface area contributed by atoms with Gasteiger partial charge in [-0.3, -0.25) is 0 Å². The number of hydrogen-bond acceptors (Lipinski definition) is 4. The summed E-state index contributed by atoms with van der Waals surface area (Å²) in [7, 11) is 1.34. The summed E-state index contributed by atoms with van der Waals surface area (Å²) in [5.74, 6) is -1.14. The van der Waals surface area contributed by atoms with Crippen molar-refractivity contribution in [1.82, 2.24) is 0 Å². The Morgan fingerprint density at radius 1 is 1.29 bits per heavy atom. The molecule has 1 aromatic carbocycles. The first-order chi connectivity index (χ1) is 10.0. The summed E-state index contributed by atoms with van der Waals surface area (Å²) in [5, 5.41) is 0.993. The standard InChI is InChI=1S/C15H16Cl2O4/c1-19-14(18)13-12(10-5-4-9(16)8-11(10)17)20-15(21-13)6-2-3-7-15/h4-5,8,12-13H,2-3,6-7H2,1H3/t12-,13?/m1/s1. The molecule has 1 spiro atoms. The molecule has 2 atom stereocenters. The molecule has 21 heavy (non-hydrogen) atoms. The molecule has 2 aliphatic rings. The highest BCUT2D eigenvalue weighted by atomic mass is 35.5. The molecule has 1 heterocycles. The maximum Gasteiger partial charge on any atom is 0.338 e. The van der Waals surface area contributed by atoms with E-state index < -0.39 is 24.0 Å². The van der Waals surface area contributed by atoms with Crippen LogP contribution < -0.4 is 0 Å². The van der Waals surface area contributed by atoms with Gasteiger partial charge in [0, 0.05) is 28.5 Å². The summed E-state index contributed by atoms with van der Waals surface area (Å²) in [5.41, 5.74) is 0.695. The van der Waals surface area contributed by atoms with Gasteiger partial charge in [0.1, 0.15) is 6.10 Å². The molecule has 1 unspecified atom stereocenters. The summed E-state index contributed by atoms with van der Waals surface area (Å²) >= 11 is 12.2. The van der Waals surface area contributed by atoms with Crippen molar-refractivity contribution < 1.29 is 19.0 Å². The minimum atomic E-state index is -0.799. The Morgan fingerprint density at radius 2 is 2.00 bits per heavy atom. The number of halogens is 2. The van der Waals surface area contributed by atoms with Crippen LogP contribution in [0.25, 0.3) is 0 Å². The van der Waals surface area contributed by atoms with E-state index in [4.69, 9.17) is 37.4 Å². The third kappa shape index (κ3) is 2.78. The summed E-state index contributed by atoms with van der Waals surface area (Å²) in [6.07, 6.45) is 2.24. The summed E-state index contributed by atoms with van der Waals surface area (Å²) in [6.45, 7) is 0. The van der Waals surface area contributed by atoms with Crippen molar-refractivity contribution in [2.75, 3.05) is 7.11 Å². The van der Waals surface area contributed by atoms with Gasteiger partial charge in [-0.1, -0.05) is 29.3 Å². The second kappa shape index (κ2) is 5.76. The lowest BCUT2D eigenvalue weighted by Gasteiger charge is -2.21. The van der Waals surface area contributed by atoms with E-state index in [0.717, 1.165) is 25.7 Å². The van der Waals surface area contributed by atoms with Gasteiger partial charge in [0.15, 0.2) is 11.9 Å². The van der Waals surface area contributed by atoms with E-state index in [1.54, 1.807) is 18.2 Å². The number of methoxy groups -OCH3 is 1. The van der Waals surface area contributed by atoms with Crippen LogP contribution in [0.4, 0.5) is 0 Å². The van der Waals surface area contributed by atoms with Crippen molar-refractivity contribution in [3.63, 3.8) is 0 Å². The van der Waals surface area contributed by atoms with E-state index in [0.29, 0.717) is 15.6 Å². The minimum absolute atomic E-state index is 0.449. The zero-order valence-corrected chi connectivity index (χ0v) is 13.1. The molecule has 0 amide bonds. The Morgan fingerprint density at radius 3 is 2.62 bits per heavy atom. The smallest absolute Gasteiger partial charge is 0.338 e. The highest BCUT2D eigenvalue weighted by Gasteiger charge is 2.53. The molecule has 114 valence electrons. The van der Waals surface area contributed by atoms with Crippen LogP contribution >= 0.6 is 23.2 Å². The Kier molecular flexibility index (Phi) is 4.14. The molecule has 0 bridgehead atoms. The first-order valence-electron chi connectivity index (χ1n) is 6.93. The Hall–Kier alpha value is -0.810. The largest absolute Gasteiger partial charge is 0.467 e. The maximum absolute atomic E-state index is 12.0. The van der Waals surface area contributed by atoms with Crippen molar-refractivity contribution in [3.8, 4) is 0 Å². The van der Waals surface area contributed by atoms with Crippen LogP contribution in [0.15, 0.2) is 18.2 Å². The Bertz CT molecular complexity index is 555. The van der Waals surface area contributed by atoms with E-state index in [-0.39, 0.29) is 0 Å². The highest BCUT2D eigenvalue weighted by Crippen LogP contribution is 2.48. The lowest BCUT2D eigenvalue weighted by atomic mass is 10.0. The van der Waals surface area contributed by atoms with Gasteiger partial charge in [0.05, 0.1) is 7.11 Å². The molecule has 1 aliphatic carbocycles. The average molecular weight is 331 g/mol. The molecule has 0 N–H and O–H groups in total. The molecule has 2 fully saturated rings. The quantitative estimate of drug-likeness (QED) is 0.771. The SMILES string of the molecule is COC(=O)C1OC2(CCCC2)O[C@@H]1c1ccc(Cl)cc1Cl. The van der Waals surface area contributed by atoms with Crippen LogP contribution in [-0.4, -0.2) is 25.0 Å². The molecule has 1 saturated carbocycles. The molecule has 0 radical (unpaired) electrons. The van der Waals surface area contributed by atoms with Crippen LogP contribution in [0.1, 0.15) is 37.4 Å². The number of carbonyl (C=O) groups is 1. The predicted octanol–water partition coefficient (Wildman–Crippen LogP) is 3.89. The fourth-order valence-corrected chi connectivity index (χ4v) is 3.53. The second-order valence-corrected chi connectivity index (χ2v) is 6.23. The van der Waals surface area contributed by atoms with Gasteiger partial charge in [0.25, 0.3) is 0 Å². The van der Waals surface area contributed by atoms with Gasteiger partial charge in [-0.05, 0) is 25.0 Å². The van der Waals surface area contributed by atoms with Gasteiger partial charge in [-0.15, -0.1) is 0 Å². The second-order valence-electron chi connectivity index (χ2n) is 5.38. The fourth-order valence-electron chi connectivity index (χ4n) is 3.01. The van der Waals surface area contributed by atoms with Gasteiger partial charge < -0.3 is 14.2 Å². The highest BCUT2D eigenvalue weighted by molar-refractivity contribution is 6.35.